The Hall–Kier alpha value is -3.27. The number of fused-ring (bicyclic) bond motifs is 1. The van der Waals surface area contributed by atoms with Crippen LogP contribution in [-0.2, 0) is 11.2 Å². The van der Waals surface area contributed by atoms with Gasteiger partial charge in [0.1, 0.15) is 6.23 Å². The van der Waals surface area contributed by atoms with Crippen molar-refractivity contribution in [2.75, 3.05) is 49.5 Å². The number of rotatable bonds is 6. The molecule has 0 saturated carbocycles. The molecule has 0 aliphatic carbocycles. The Morgan fingerprint density at radius 1 is 1.08 bits per heavy atom. The fourth-order valence-corrected chi connectivity index (χ4v) is 6.00. The first-order valence-electron chi connectivity index (χ1n) is 12.7. The highest BCUT2D eigenvalue weighted by atomic mass is 32.1. The minimum absolute atomic E-state index is 0.0395. The summed E-state index contributed by atoms with van der Waals surface area (Å²) < 4.78 is 0. The Morgan fingerprint density at radius 2 is 1.84 bits per heavy atom. The van der Waals surface area contributed by atoms with Crippen molar-refractivity contribution in [2.45, 2.75) is 33.4 Å². The van der Waals surface area contributed by atoms with Gasteiger partial charge in [-0.15, -0.1) is 11.3 Å². The molecule has 0 bridgehead atoms. The van der Waals surface area contributed by atoms with Gasteiger partial charge in [0.05, 0.1) is 5.69 Å². The number of thiazole rings is 1. The van der Waals surface area contributed by atoms with Crippen molar-refractivity contribution >= 4 is 34.0 Å². The van der Waals surface area contributed by atoms with E-state index >= 15 is 0 Å². The van der Waals surface area contributed by atoms with E-state index < -0.39 is 6.23 Å². The highest BCUT2D eigenvalue weighted by molar-refractivity contribution is 7.16. The van der Waals surface area contributed by atoms with Gasteiger partial charge >= 0.3 is 0 Å². The number of hydrogen-bond acceptors (Lipinski definition) is 7. The molecule has 0 radical (unpaired) electrons. The third-order valence-electron chi connectivity index (χ3n) is 7.20. The number of benzene rings is 2. The average molecular weight is 520 g/mol. The second-order valence-electron chi connectivity index (χ2n) is 9.76. The summed E-state index contributed by atoms with van der Waals surface area (Å²) in [5.41, 5.74) is 5.73. The van der Waals surface area contributed by atoms with Crippen LogP contribution in [0.2, 0.25) is 0 Å². The summed E-state index contributed by atoms with van der Waals surface area (Å²) in [4.78, 5) is 36.4. The summed E-state index contributed by atoms with van der Waals surface area (Å²) >= 11 is 1.52. The number of aryl methyl sites for hydroxylation is 2. The molecule has 2 aliphatic rings. The first kappa shape index (κ1) is 25.4. The van der Waals surface area contributed by atoms with Crippen LogP contribution in [0.4, 0.5) is 10.8 Å². The Labute approximate surface area is 221 Å². The van der Waals surface area contributed by atoms with Crippen molar-refractivity contribution < 1.29 is 14.7 Å². The van der Waals surface area contributed by atoms with Gasteiger partial charge in [0.15, 0.2) is 5.13 Å². The molecule has 1 saturated heterocycles. The smallest absolute Gasteiger partial charge is 0.258 e. The molecule has 2 amide bonds. The van der Waals surface area contributed by atoms with E-state index in [9.17, 15) is 14.7 Å². The fraction of sp³-hybridized carbons (Fsp3) is 0.393. The summed E-state index contributed by atoms with van der Waals surface area (Å²) in [5, 5.41) is 14.4. The molecule has 37 heavy (non-hydrogen) atoms. The monoisotopic (exact) mass is 519 g/mol. The minimum atomic E-state index is -0.747. The number of hydrogen-bond donors (Lipinski definition) is 2. The zero-order valence-corrected chi connectivity index (χ0v) is 22.3. The molecule has 5 rings (SSSR count). The Morgan fingerprint density at radius 3 is 2.57 bits per heavy atom. The van der Waals surface area contributed by atoms with Crippen molar-refractivity contribution in [3.8, 4) is 11.3 Å². The molecule has 9 heteroatoms. The molecular weight excluding hydrogens is 486 g/mol. The highest BCUT2D eigenvalue weighted by Crippen LogP contribution is 2.36. The predicted octanol–water partition coefficient (Wildman–Crippen LogP) is 3.52. The van der Waals surface area contributed by atoms with E-state index in [-0.39, 0.29) is 11.8 Å². The summed E-state index contributed by atoms with van der Waals surface area (Å²) in [6, 6.07) is 13.9. The quantitative estimate of drug-likeness (QED) is 0.485. The second kappa shape index (κ2) is 10.6. The van der Waals surface area contributed by atoms with Crippen LogP contribution >= 0.6 is 11.3 Å². The van der Waals surface area contributed by atoms with Gasteiger partial charge < -0.3 is 20.2 Å². The van der Waals surface area contributed by atoms with E-state index in [1.807, 2.05) is 60.0 Å². The Kier molecular flexibility index (Phi) is 7.28. The number of aromatic nitrogens is 1. The molecule has 2 N–H and O–H groups in total. The molecule has 1 aromatic heterocycles. The molecule has 1 fully saturated rings. The van der Waals surface area contributed by atoms with E-state index in [0.29, 0.717) is 31.3 Å². The molecule has 8 nitrogen and oxygen atoms in total. The first-order chi connectivity index (χ1) is 17.8. The number of β-amino-alcohol motifs (C(OH)–C–C–N with tert-alkyl or cyclic N) is 1. The summed E-state index contributed by atoms with van der Waals surface area (Å²) in [6.07, 6.45) is 0.0633. The minimum Gasteiger partial charge on any atom is -0.372 e. The maximum atomic E-state index is 13.2. The molecule has 2 aliphatic heterocycles. The lowest BCUT2D eigenvalue weighted by Crippen LogP contribution is -2.50. The number of aliphatic hydroxyl groups is 1. The van der Waals surface area contributed by atoms with E-state index in [2.05, 4.69) is 16.3 Å². The van der Waals surface area contributed by atoms with Gasteiger partial charge in [0, 0.05) is 67.9 Å². The van der Waals surface area contributed by atoms with E-state index in [4.69, 9.17) is 4.98 Å². The van der Waals surface area contributed by atoms with Crippen LogP contribution in [-0.4, -0.2) is 77.2 Å². The topological polar surface area (TPSA) is 89.0 Å². The van der Waals surface area contributed by atoms with Gasteiger partial charge in [0.25, 0.3) is 5.91 Å². The van der Waals surface area contributed by atoms with Crippen LogP contribution in [0, 0.1) is 13.8 Å². The number of nitrogens with zero attached hydrogens (tertiary/aromatic N) is 4. The number of piperazine rings is 1. The standard InChI is InChI=1S/C28H33N5O3S/c1-18-6-4-5-7-23(18)27(36)33-11-10-21-16-22(8-9-24(21)33)26-19(2)37-28(30-26)29-25(35)17-31-12-14-32(15-13-31)20(3)34/h4-9,16,25,35H,10-15,17H2,1-3H3,(H,29,30). The molecule has 194 valence electrons. The molecular formula is C28H33N5O3S. The predicted molar refractivity (Wildman–Crippen MR) is 147 cm³/mol. The third kappa shape index (κ3) is 5.39. The SMILES string of the molecule is CC(=O)N1CCN(CC(O)Nc2nc(-c3ccc4c(c3)CCN4C(=O)c3ccccc3C)c(C)s2)CC1. The maximum absolute atomic E-state index is 13.2. The van der Waals surface area contributed by atoms with Crippen LogP contribution < -0.4 is 10.2 Å². The van der Waals surface area contributed by atoms with Crippen LogP contribution in [0.5, 0.6) is 0 Å². The van der Waals surface area contributed by atoms with Crippen molar-refractivity contribution in [1.82, 2.24) is 14.8 Å². The Balaban J connectivity index is 1.25. The molecule has 3 heterocycles. The lowest BCUT2D eigenvalue weighted by Gasteiger charge is -2.35. The first-order valence-corrected chi connectivity index (χ1v) is 13.5. The van der Waals surface area contributed by atoms with Crippen molar-refractivity contribution in [3.05, 3.63) is 64.0 Å². The number of nitrogens with one attached hydrogen (secondary N) is 1. The molecule has 2 aromatic carbocycles. The van der Waals surface area contributed by atoms with Crippen LogP contribution in [0.1, 0.15) is 33.3 Å². The van der Waals surface area contributed by atoms with Gasteiger partial charge in [-0.05, 0) is 49.6 Å². The summed E-state index contributed by atoms with van der Waals surface area (Å²) in [7, 11) is 0. The molecule has 1 atom stereocenters. The van der Waals surface area contributed by atoms with Gasteiger partial charge in [-0.25, -0.2) is 4.98 Å². The highest BCUT2D eigenvalue weighted by Gasteiger charge is 2.27. The van der Waals surface area contributed by atoms with Crippen LogP contribution in [0.25, 0.3) is 11.3 Å². The number of anilines is 2. The zero-order chi connectivity index (χ0) is 26.1. The third-order valence-corrected chi connectivity index (χ3v) is 8.11. The normalized spacial score (nSPS) is 16.5. The second-order valence-corrected chi connectivity index (χ2v) is 11.0. The number of amides is 2. The Bertz CT molecular complexity index is 1310. The summed E-state index contributed by atoms with van der Waals surface area (Å²) in [6.45, 7) is 9.62. The van der Waals surface area contributed by atoms with Gasteiger partial charge in [0.2, 0.25) is 5.91 Å². The number of carbonyl (C=O) groups is 2. The number of carbonyl (C=O) groups excluding carboxylic acids is 2. The lowest BCUT2D eigenvalue weighted by atomic mass is 10.0. The number of aliphatic hydroxyl groups excluding tert-OH is 1. The van der Waals surface area contributed by atoms with Gasteiger partial charge in [-0.1, -0.05) is 24.3 Å². The van der Waals surface area contributed by atoms with E-state index in [1.165, 1.54) is 11.3 Å². The van der Waals surface area contributed by atoms with Gasteiger partial charge in [-0.2, -0.15) is 0 Å². The maximum Gasteiger partial charge on any atom is 0.258 e. The van der Waals surface area contributed by atoms with E-state index in [1.54, 1.807) is 6.92 Å². The molecule has 3 aromatic rings. The lowest BCUT2D eigenvalue weighted by molar-refractivity contribution is -0.130. The van der Waals surface area contributed by atoms with Crippen molar-refractivity contribution in [3.63, 3.8) is 0 Å². The van der Waals surface area contributed by atoms with Crippen LogP contribution in [0.3, 0.4) is 0 Å². The molecule has 0 spiro atoms. The van der Waals surface area contributed by atoms with Crippen molar-refractivity contribution in [2.24, 2.45) is 0 Å². The average Bonchev–Trinajstić information content (AvgIpc) is 3.46. The zero-order valence-electron chi connectivity index (χ0n) is 21.5. The fourth-order valence-electron chi connectivity index (χ4n) is 5.12. The summed E-state index contributed by atoms with van der Waals surface area (Å²) in [5.74, 6) is 0.138. The molecule has 1 unspecified atom stereocenters. The van der Waals surface area contributed by atoms with E-state index in [0.717, 1.165) is 58.0 Å². The van der Waals surface area contributed by atoms with Gasteiger partial charge in [-0.3, -0.25) is 14.5 Å². The van der Waals surface area contributed by atoms with Crippen molar-refractivity contribution in [1.29, 1.82) is 0 Å². The largest absolute Gasteiger partial charge is 0.372 e. The van der Waals surface area contributed by atoms with Crippen LogP contribution in [0.15, 0.2) is 42.5 Å².